The Balaban J connectivity index is 2.41. The van der Waals surface area contributed by atoms with E-state index >= 15 is 0 Å². The molecule has 1 fully saturated rings. The zero-order chi connectivity index (χ0) is 15.1. The van der Waals surface area contributed by atoms with E-state index in [1.165, 1.54) is 32.6 Å². The van der Waals surface area contributed by atoms with Crippen LogP contribution in [0, 0.1) is 11.8 Å². The molecule has 0 aliphatic carbocycles. The molecule has 0 saturated carbocycles. The summed E-state index contributed by atoms with van der Waals surface area (Å²) in [6.07, 6.45) is 1.27. The van der Waals surface area contributed by atoms with Gasteiger partial charge in [-0.15, -0.1) is 0 Å². The highest BCUT2D eigenvalue weighted by molar-refractivity contribution is 4.83. The van der Waals surface area contributed by atoms with Gasteiger partial charge in [-0.2, -0.15) is 0 Å². The first-order valence-electron chi connectivity index (χ1n) is 8.64. The summed E-state index contributed by atoms with van der Waals surface area (Å²) in [5.41, 5.74) is 0. The largest absolute Gasteiger partial charge is 0.315 e. The van der Waals surface area contributed by atoms with Crippen molar-refractivity contribution in [2.75, 3.05) is 39.3 Å². The summed E-state index contributed by atoms with van der Waals surface area (Å²) in [5, 5.41) is 3.65. The predicted octanol–water partition coefficient (Wildman–Crippen LogP) is 2.67. The van der Waals surface area contributed by atoms with E-state index in [4.69, 9.17) is 0 Å². The first kappa shape index (κ1) is 17.9. The van der Waals surface area contributed by atoms with Crippen LogP contribution in [0.2, 0.25) is 0 Å². The highest BCUT2D eigenvalue weighted by atomic mass is 15.3. The molecular formula is C17H37N3. The summed E-state index contributed by atoms with van der Waals surface area (Å²) in [5.74, 6) is 1.47. The third-order valence-corrected chi connectivity index (χ3v) is 4.71. The molecule has 3 heteroatoms. The van der Waals surface area contributed by atoms with Gasteiger partial charge in [0.25, 0.3) is 0 Å². The quantitative estimate of drug-likeness (QED) is 0.739. The van der Waals surface area contributed by atoms with Gasteiger partial charge in [0.05, 0.1) is 0 Å². The van der Waals surface area contributed by atoms with E-state index in [9.17, 15) is 0 Å². The second-order valence-electron chi connectivity index (χ2n) is 7.19. The Kier molecular flexibility index (Phi) is 8.08. The van der Waals surface area contributed by atoms with E-state index in [0.717, 1.165) is 31.0 Å². The molecule has 0 aromatic carbocycles. The lowest BCUT2D eigenvalue weighted by atomic mass is 10.0. The second-order valence-corrected chi connectivity index (χ2v) is 7.19. The normalized spacial score (nSPS) is 21.6. The van der Waals surface area contributed by atoms with Crippen LogP contribution in [0.25, 0.3) is 0 Å². The maximum Gasteiger partial charge on any atom is 0.0244 e. The van der Waals surface area contributed by atoms with Crippen molar-refractivity contribution < 1.29 is 0 Å². The third kappa shape index (κ3) is 5.71. The average Bonchev–Trinajstić information content (AvgIpc) is 2.42. The van der Waals surface area contributed by atoms with Crippen molar-refractivity contribution in [3.8, 4) is 0 Å². The van der Waals surface area contributed by atoms with Crippen LogP contribution >= 0.6 is 0 Å². The molecular weight excluding hydrogens is 246 g/mol. The van der Waals surface area contributed by atoms with Crippen LogP contribution < -0.4 is 5.32 Å². The first-order valence-corrected chi connectivity index (χ1v) is 8.64. The Labute approximate surface area is 127 Å². The molecule has 0 amide bonds. The second kappa shape index (κ2) is 9.01. The molecule has 2 unspecified atom stereocenters. The van der Waals surface area contributed by atoms with Gasteiger partial charge in [-0.1, -0.05) is 34.6 Å². The molecule has 1 saturated heterocycles. The van der Waals surface area contributed by atoms with Gasteiger partial charge in [0.1, 0.15) is 0 Å². The van der Waals surface area contributed by atoms with Crippen molar-refractivity contribution >= 4 is 0 Å². The summed E-state index contributed by atoms with van der Waals surface area (Å²) >= 11 is 0. The highest BCUT2D eigenvalue weighted by Gasteiger charge is 2.26. The third-order valence-electron chi connectivity index (χ3n) is 4.71. The lowest BCUT2D eigenvalue weighted by molar-refractivity contribution is 0.0567. The van der Waals surface area contributed by atoms with Crippen molar-refractivity contribution in [1.29, 1.82) is 0 Å². The van der Waals surface area contributed by atoms with Gasteiger partial charge in [0.2, 0.25) is 0 Å². The summed E-state index contributed by atoms with van der Waals surface area (Å²) in [6.45, 7) is 21.2. The molecule has 0 aromatic rings. The number of hydrogen-bond donors (Lipinski definition) is 1. The summed E-state index contributed by atoms with van der Waals surface area (Å²) in [6, 6.07) is 1.43. The van der Waals surface area contributed by atoms with E-state index in [2.05, 4.69) is 56.7 Å². The smallest absolute Gasteiger partial charge is 0.0244 e. The van der Waals surface area contributed by atoms with Gasteiger partial charge in [-0.05, 0) is 31.7 Å². The lowest BCUT2D eigenvalue weighted by Crippen LogP contribution is -2.56. The molecule has 1 aliphatic heterocycles. The van der Waals surface area contributed by atoms with Crippen LogP contribution in [-0.2, 0) is 0 Å². The molecule has 120 valence electrons. The van der Waals surface area contributed by atoms with Crippen LogP contribution in [0.5, 0.6) is 0 Å². The Bertz CT molecular complexity index is 245. The average molecular weight is 284 g/mol. The minimum absolute atomic E-state index is 0.688. The molecule has 0 aromatic heterocycles. The number of nitrogens with zero attached hydrogens (tertiary/aromatic N) is 2. The molecule has 20 heavy (non-hydrogen) atoms. The number of nitrogens with one attached hydrogen (secondary N) is 1. The molecule has 0 radical (unpaired) electrons. The molecule has 3 nitrogen and oxygen atoms in total. The molecule has 1 aliphatic rings. The molecule has 1 rings (SSSR count). The topological polar surface area (TPSA) is 18.5 Å². The number of rotatable bonds is 8. The van der Waals surface area contributed by atoms with Gasteiger partial charge in [0.15, 0.2) is 0 Å². The minimum Gasteiger partial charge on any atom is -0.315 e. The van der Waals surface area contributed by atoms with E-state index in [1.807, 2.05) is 0 Å². The fourth-order valence-corrected chi connectivity index (χ4v) is 3.07. The van der Waals surface area contributed by atoms with Crippen molar-refractivity contribution in [2.45, 2.75) is 60.0 Å². The van der Waals surface area contributed by atoms with E-state index in [1.54, 1.807) is 0 Å². The van der Waals surface area contributed by atoms with Gasteiger partial charge in [-0.25, -0.2) is 0 Å². The van der Waals surface area contributed by atoms with E-state index in [0.29, 0.717) is 6.04 Å². The molecule has 2 atom stereocenters. The first-order chi connectivity index (χ1) is 9.45. The summed E-state index contributed by atoms with van der Waals surface area (Å²) < 4.78 is 0. The molecule has 0 bridgehead atoms. The predicted molar refractivity (Wildman–Crippen MR) is 89.2 cm³/mol. The van der Waals surface area contributed by atoms with Crippen LogP contribution in [0.3, 0.4) is 0 Å². The Morgan fingerprint density at radius 2 is 1.40 bits per heavy atom. The molecule has 1 heterocycles. The maximum absolute atomic E-state index is 3.65. The van der Waals surface area contributed by atoms with Crippen molar-refractivity contribution in [3.05, 3.63) is 0 Å². The van der Waals surface area contributed by atoms with Crippen LogP contribution in [-0.4, -0.2) is 61.2 Å². The monoisotopic (exact) mass is 283 g/mol. The summed E-state index contributed by atoms with van der Waals surface area (Å²) in [7, 11) is 0. The van der Waals surface area contributed by atoms with Gasteiger partial charge in [-0.3, -0.25) is 9.80 Å². The SMILES string of the molecule is CCC(C)N1CCN(C(CNCC(C)C)C(C)C)CC1. The van der Waals surface area contributed by atoms with Crippen LogP contribution in [0.1, 0.15) is 48.0 Å². The summed E-state index contributed by atoms with van der Waals surface area (Å²) in [4.78, 5) is 5.35. The fourth-order valence-electron chi connectivity index (χ4n) is 3.07. The van der Waals surface area contributed by atoms with E-state index < -0.39 is 0 Å². The lowest BCUT2D eigenvalue weighted by Gasteiger charge is -2.43. The van der Waals surface area contributed by atoms with Crippen molar-refractivity contribution in [2.24, 2.45) is 11.8 Å². The fraction of sp³-hybridized carbons (Fsp3) is 1.00. The standard InChI is InChI=1S/C17H37N3/c1-7-16(6)19-8-10-20(11-9-19)17(15(4)5)13-18-12-14(2)3/h14-18H,7-13H2,1-6H3. The zero-order valence-corrected chi connectivity index (χ0v) is 14.7. The van der Waals surface area contributed by atoms with Gasteiger partial charge in [0, 0.05) is 44.8 Å². The maximum atomic E-state index is 3.65. The van der Waals surface area contributed by atoms with Crippen molar-refractivity contribution in [1.82, 2.24) is 15.1 Å². The Morgan fingerprint density at radius 3 is 1.85 bits per heavy atom. The zero-order valence-electron chi connectivity index (χ0n) is 14.7. The Morgan fingerprint density at radius 1 is 0.850 bits per heavy atom. The highest BCUT2D eigenvalue weighted by Crippen LogP contribution is 2.15. The molecule has 1 N–H and O–H groups in total. The van der Waals surface area contributed by atoms with Crippen LogP contribution in [0.15, 0.2) is 0 Å². The van der Waals surface area contributed by atoms with E-state index in [-0.39, 0.29) is 0 Å². The van der Waals surface area contributed by atoms with Gasteiger partial charge < -0.3 is 5.32 Å². The number of piperazine rings is 1. The number of hydrogen-bond acceptors (Lipinski definition) is 3. The minimum atomic E-state index is 0.688. The van der Waals surface area contributed by atoms with Crippen molar-refractivity contribution in [3.63, 3.8) is 0 Å². The molecule has 0 spiro atoms. The Hall–Kier alpha value is -0.120. The van der Waals surface area contributed by atoms with Crippen LogP contribution in [0.4, 0.5) is 0 Å². The van der Waals surface area contributed by atoms with Gasteiger partial charge >= 0.3 is 0 Å².